The number of hydrogen-bond acceptors (Lipinski definition) is 5. The molecule has 0 unspecified atom stereocenters. The van der Waals surface area contributed by atoms with Crippen LogP contribution in [0.3, 0.4) is 0 Å². The van der Waals surface area contributed by atoms with E-state index >= 15 is 0 Å². The minimum atomic E-state index is -0.178. The van der Waals surface area contributed by atoms with E-state index in [1.54, 1.807) is 36.6 Å². The summed E-state index contributed by atoms with van der Waals surface area (Å²) in [6.07, 6.45) is 0.674. The lowest BCUT2D eigenvalue weighted by Gasteiger charge is -2.10. The van der Waals surface area contributed by atoms with Gasteiger partial charge in [0.25, 0.3) is 5.91 Å². The van der Waals surface area contributed by atoms with Crippen LogP contribution in [0.2, 0.25) is 0 Å². The zero-order chi connectivity index (χ0) is 18.4. The molecule has 3 aromatic rings. The Balaban J connectivity index is 1.58. The van der Waals surface area contributed by atoms with Crippen LogP contribution in [0.1, 0.15) is 16.1 Å². The lowest BCUT2D eigenvalue weighted by molar-refractivity contribution is 0.0951. The Morgan fingerprint density at radius 2 is 1.92 bits per heavy atom. The molecule has 0 aliphatic heterocycles. The van der Waals surface area contributed by atoms with E-state index in [-0.39, 0.29) is 5.91 Å². The highest BCUT2D eigenvalue weighted by molar-refractivity contribution is 7.13. The zero-order valence-corrected chi connectivity index (χ0v) is 15.5. The molecule has 3 rings (SSSR count). The first-order chi connectivity index (χ1) is 12.7. The molecular weight excluding hydrogens is 348 g/mol. The molecule has 1 heterocycles. The first-order valence-electron chi connectivity index (χ1n) is 8.21. The molecule has 1 aromatic heterocycles. The Kier molecular flexibility index (Phi) is 5.86. The average molecular weight is 368 g/mol. The third-order valence-electron chi connectivity index (χ3n) is 3.89. The Morgan fingerprint density at radius 1 is 1.12 bits per heavy atom. The van der Waals surface area contributed by atoms with Crippen molar-refractivity contribution in [3.8, 4) is 22.1 Å². The number of carbonyl (C=O) groups is 1. The van der Waals surface area contributed by atoms with Gasteiger partial charge in [0.2, 0.25) is 0 Å². The summed E-state index contributed by atoms with van der Waals surface area (Å²) in [5, 5.41) is 5.93. The molecule has 1 N–H and O–H groups in total. The van der Waals surface area contributed by atoms with Gasteiger partial charge in [-0.3, -0.25) is 4.79 Å². The number of amides is 1. The monoisotopic (exact) mass is 368 g/mol. The number of benzene rings is 2. The third-order valence-corrected chi connectivity index (χ3v) is 4.83. The van der Waals surface area contributed by atoms with Gasteiger partial charge in [-0.15, -0.1) is 11.3 Å². The molecule has 0 saturated heterocycles. The zero-order valence-electron chi connectivity index (χ0n) is 14.7. The van der Waals surface area contributed by atoms with Crippen molar-refractivity contribution in [1.29, 1.82) is 0 Å². The molecule has 0 aliphatic rings. The van der Waals surface area contributed by atoms with E-state index in [1.165, 1.54) is 7.11 Å². The van der Waals surface area contributed by atoms with Gasteiger partial charge < -0.3 is 14.8 Å². The fourth-order valence-electron chi connectivity index (χ4n) is 2.52. The molecule has 0 fully saturated rings. The summed E-state index contributed by atoms with van der Waals surface area (Å²) in [5.74, 6) is 0.958. The summed E-state index contributed by atoms with van der Waals surface area (Å²) in [5.41, 5.74) is 2.56. The highest BCUT2D eigenvalue weighted by Gasteiger charge is 2.13. The lowest BCUT2D eigenvalue weighted by Crippen LogP contribution is -2.26. The number of thiazole rings is 1. The Hall–Kier alpha value is -2.86. The molecule has 134 valence electrons. The molecule has 0 atom stereocenters. The van der Waals surface area contributed by atoms with E-state index in [9.17, 15) is 4.79 Å². The third kappa shape index (κ3) is 4.21. The summed E-state index contributed by atoms with van der Waals surface area (Å²) >= 11 is 1.61. The summed E-state index contributed by atoms with van der Waals surface area (Å²) < 4.78 is 10.4. The molecule has 2 aromatic carbocycles. The highest BCUT2D eigenvalue weighted by atomic mass is 32.1. The van der Waals surface area contributed by atoms with Crippen molar-refractivity contribution >= 4 is 17.2 Å². The predicted molar refractivity (Wildman–Crippen MR) is 103 cm³/mol. The van der Waals surface area contributed by atoms with Crippen molar-refractivity contribution in [1.82, 2.24) is 10.3 Å². The normalized spacial score (nSPS) is 10.4. The second-order valence-electron chi connectivity index (χ2n) is 5.58. The van der Waals surface area contributed by atoms with Crippen molar-refractivity contribution in [2.24, 2.45) is 0 Å². The van der Waals surface area contributed by atoms with Gasteiger partial charge >= 0.3 is 0 Å². The van der Waals surface area contributed by atoms with Crippen LogP contribution in [0.4, 0.5) is 0 Å². The second kappa shape index (κ2) is 8.49. The fourth-order valence-corrected chi connectivity index (χ4v) is 3.38. The van der Waals surface area contributed by atoms with Gasteiger partial charge in [-0.1, -0.05) is 30.3 Å². The van der Waals surface area contributed by atoms with Crippen LogP contribution in [0, 0.1) is 0 Å². The van der Waals surface area contributed by atoms with Gasteiger partial charge in [0.15, 0.2) is 0 Å². The topological polar surface area (TPSA) is 60.5 Å². The van der Waals surface area contributed by atoms with Gasteiger partial charge in [0, 0.05) is 30.0 Å². The molecule has 5 nitrogen and oxygen atoms in total. The number of carbonyl (C=O) groups excluding carboxylic acids is 1. The highest BCUT2D eigenvalue weighted by Crippen LogP contribution is 2.25. The van der Waals surface area contributed by atoms with E-state index in [1.807, 2.05) is 35.7 Å². The molecular formula is C20H20N2O3S. The second-order valence-corrected chi connectivity index (χ2v) is 6.44. The maximum Gasteiger partial charge on any atom is 0.255 e. The molecule has 0 aliphatic carbocycles. The SMILES string of the molecule is COc1ccc(C(=O)NCCc2csc(-c3ccccc3)n2)c(OC)c1. The first kappa shape index (κ1) is 17.9. The molecule has 6 heteroatoms. The van der Waals surface area contributed by atoms with E-state index in [2.05, 4.69) is 10.3 Å². The number of aromatic nitrogens is 1. The largest absolute Gasteiger partial charge is 0.497 e. The molecule has 0 saturated carbocycles. The van der Waals surface area contributed by atoms with Crippen LogP contribution in [0.25, 0.3) is 10.6 Å². The van der Waals surface area contributed by atoms with Crippen molar-refractivity contribution < 1.29 is 14.3 Å². The van der Waals surface area contributed by atoms with Gasteiger partial charge in [0.1, 0.15) is 16.5 Å². The van der Waals surface area contributed by atoms with E-state index in [0.717, 1.165) is 16.3 Å². The maximum absolute atomic E-state index is 12.4. The summed E-state index contributed by atoms with van der Waals surface area (Å²) in [4.78, 5) is 17.0. The summed E-state index contributed by atoms with van der Waals surface area (Å²) in [6, 6.07) is 15.2. The van der Waals surface area contributed by atoms with Crippen molar-refractivity contribution in [3.63, 3.8) is 0 Å². The lowest BCUT2D eigenvalue weighted by atomic mass is 10.1. The number of ether oxygens (including phenoxy) is 2. The predicted octanol–water partition coefficient (Wildman–Crippen LogP) is 3.80. The van der Waals surface area contributed by atoms with Crippen LogP contribution in [-0.2, 0) is 6.42 Å². The minimum Gasteiger partial charge on any atom is -0.497 e. The van der Waals surface area contributed by atoms with Gasteiger partial charge in [0.05, 0.1) is 25.5 Å². The van der Waals surface area contributed by atoms with Crippen LogP contribution < -0.4 is 14.8 Å². The maximum atomic E-state index is 12.4. The Morgan fingerprint density at radius 3 is 2.65 bits per heavy atom. The van der Waals surface area contributed by atoms with Crippen molar-refractivity contribution in [2.45, 2.75) is 6.42 Å². The minimum absolute atomic E-state index is 0.178. The Labute approximate surface area is 156 Å². The molecule has 1 amide bonds. The van der Waals surface area contributed by atoms with Gasteiger partial charge in [-0.25, -0.2) is 4.98 Å². The molecule has 26 heavy (non-hydrogen) atoms. The fraction of sp³-hybridized carbons (Fsp3) is 0.200. The number of nitrogens with zero attached hydrogens (tertiary/aromatic N) is 1. The van der Waals surface area contributed by atoms with Crippen LogP contribution in [-0.4, -0.2) is 31.7 Å². The average Bonchev–Trinajstić information content (AvgIpc) is 3.17. The van der Waals surface area contributed by atoms with E-state index < -0.39 is 0 Å². The smallest absolute Gasteiger partial charge is 0.255 e. The molecule has 0 spiro atoms. The van der Waals surface area contributed by atoms with Crippen LogP contribution >= 0.6 is 11.3 Å². The summed E-state index contributed by atoms with van der Waals surface area (Å²) in [6.45, 7) is 0.506. The molecule has 0 bridgehead atoms. The van der Waals surface area contributed by atoms with Crippen LogP contribution in [0.15, 0.2) is 53.9 Å². The van der Waals surface area contributed by atoms with Crippen LogP contribution in [0.5, 0.6) is 11.5 Å². The van der Waals surface area contributed by atoms with Gasteiger partial charge in [-0.05, 0) is 12.1 Å². The van der Waals surface area contributed by atoms with Crippen molar-refractivity contribution in [3.05, 3.63) is 65.2 Å². The van der Waals surface area contributed by atoms with Crippen molar-refractivity contribution in [2.75, 3.05) is 20.8 Å². The first-order valence-corrected chi connectivity index (χ1v) is 9.09. The standard InChI is InChI=1S/C20H20N2O3S/c1-24-16-8-9-17(18(12-16)25-2)19(23)21-11-10-15-13-26-20(22-15)14-6-4-3-5-7-14/h3-9,12-13H,10-11H2,1-2H3,(H,21,23). The van der Waals surface area contributed by atoms with E-state index in [0.29, 0.717) is 30.0 Å². The van der Waals surface area contributed by atoms with E-state index in [4.69, 9.17) is 9.47 Å². The number of methoxy groups -OCH3 is 2. The molecule has 0 radical (unpaired) electrons. The number of nitrogens with one attached hydrogen (secondary N) is 1. The Bertz CT molecular complexity index is 878. The summed E-state index contributed by atoms with van der Waals surface area (Å²) in [7, 11) is 3.11. The number of rotatable bonds is 7. The quantitative estimate of drug-likeness (QED) is 0.689. The van der Waals surface area contributed by atoms with Gasteiger partial charge in [-0.2, -0.15) is 0 Å². The number of hydrogen-bond donors (Lipinski definition) is 1.